The van der Waals surface area contributed by atoms with Gasteiger partial charge >= 0.3 is 0 Å². The average Bonchev–Trinajstić information content (AvgIpc) is 3.45. The van der Waals surface area contributed by atoms with Gasteiger partial charge in [-0.25, -0.2) is 13.4 Å². The smallest absolute Gasteiger partial charge is 0.253 e. The zero-order valence-electron chi connectivity index (χ0n) is 16.0. The second-order valence-electron chi connectivity index (χ2n) is 6.88. The van der Waals surface area contributed by atoms with E-state index >= 15 is 0 Å². The van der Waals surface area contributed by atoms with E-state index in [1.54, 1.807) is 30.5 Å². The molecule has 0 saturated heterocycles. The summed E-state index contributed by atoms with van der Waals surface area (Å²) in [6.45, 7) is 0.317. The van der Waals surface area contributed by atoms with Gasteiger partial charge in [0.15, 0.2) is 17.1 Å². The monoisotopic (exact) mass is 436 g/mol. The summed E-state index contributed by atoms with van der Waals surface area (Å²) in [5.74, 6) is 0.642. The molecule has 0 saturated carbocycles. The first kappa shape index (κ1) is 19.1. The molecule has 3 heterocycles. The molecule has 1 aliphatic heterocycles. The molecule has 0 radical (unpaired) electrons. The first-order valence-electron chi connectivity index (χ1n) is 9.32. The molecule has 0 spiro atoms. The van der Waals surface area contributed by atoms with Gasteiger partial charge in [0.2, 0.25) is 16.6 Å². The fraction of sp³-hybridized carbons (Fsp3) is 0.0952. The van der Waals surface area contributed by atoms with Crippen LogP contribution in [0.5, 0.6) is 11.5 Å². The highest BCUT2D eigenvalue weighted by atomic mass is 32.2. The van der Waals surface area contributed by atoms with Crippen LogP contribution >= 0.6 is 0 Å². The first-order valence-corrected chi connectivity index (χ1v) is 10.8. The second-order valence-corrected chi connectivity index (χ2v) is 8.83. The summed E-state index contributed by atoms with van der Waals surface area (Å²) in [5.41, 5.74) is 1.78. The fourth-order valence-electron chi connectivity index (χ4n) is 3.21. The number of fused-ring (bicyclic) bond motifs is 2. The van der Waals surface area contributed by atoms with E-state index < -0.39 is 9.84 Å². The first-order chi connectivity index (χ1) is 15.0. The number of benzene rings is 2. The van der Waals surface area contributed by atoms with Crippen molar-refractivity contribution in [3.8, 4) is 11.5 Å². The Bertz CT molecular complexity index is 1400. The Kier molecular flexibility index (Phi) is 4.55. The number of sulfone groups is 1. The maximum Gasteiger partial charge on any atom is 0.253 e. The van der Waals surface area contributed by atoms with Crippen molar-refractivity contribution in [1.82, 2.24) is 20.5 Å². The minimum Gasteiger partial charge on any atom is -0.454 e. The standard InChI is InChI=1S/C21H16N4O5S/c26-21(15-7-14-11-24-25-20(14)22-10-15)23-9-13-1-3-16(4-2-13)31(27,28)17-5-6-18-19(8-17)30-12-29-18/h1-8,10-11H,9,12H2,(H,23,26)(H,22,24,25). The van der Waals surface area contributed by atoms with E-state index in [9.17, 15) is 13.2 Å². The molecule has 1 aliphatic rings. The third kappa shape index (κ3) is 3.57. The highest BCUT2D eigenvalue weighted by Gasteiger charge is 2.22. The van der Waals surface area contributed by atoms with Crippen molar-refractivity contribution in [2.75, 3.05) is 6.79 Å². The molecule has 0 atom stereocenters. The van der Waals surface area contributed by atoms with E-state index in [0.717, 1.165) is 10.9 Å². The van der Waals surface area contributed by atoms with Crippen LogP contribution in [0.1, 0.15) is 15.9 Å². The maximum absolute atomic E-state index is 12.9. The summed E-state index contributed by atoms with van der Waals surface area (Å²) in [5, 5.41) is 10.2. The van der Waals surface area contributed by atoms with E-state index in [4.69, 9.17) is 9.47 Å². The molecule has 31 heavy (non-hydrogen) atoms. The fourth-order valence-corrected chi connectivity index (χ4v) is 4.49. The number of rotatable bonds is 5. The molecular weight excluding hydrogens is 420 g/mol. The number of carbonyl (C=O) groups is 1. The van der Waals surface area contributed by atoms with E-state index in [2.05, 4.69) is 20.5 Å². The predicted molar refractivity (Wildman–Crippen MR) is 110 cm³/mol. The largest absolute Gasteiger partial charge is 0.454 e. The van der Waals surface area contributed by atoms with Gasteiger partial charge in [-0.15, -0.1) is 0 Å². The number of amides is 1. The van der Waals surface area contributed by atoms with Gasteiger partial charge in [0, 0.05) is 24.2 Å². The Balaban J connectivity index is 1.28. The van der Waals surface area contributed by atoms with Crippen molar-refractivity contribution >= 4 is 26.8 Å². The lowest BCUT2D eigenvalue weighted by atomic mass is 10.2. The number of aromatic nitrogens is 3. The molecule has 10 heteroatoms. The molecule has 0 bridgehead atoms. The summed E-state index contributed by atoms with van der Waals surface area (Å²) < 4.78 is 36.3. The van der Waals surface area contributed by atoms with Gasteiger partial charge in [-0.3, -0.25) is 9.89 Å². The number of H-pyrrole nitrogens is 1. The summed E-state index contributed by atoms with van der Waals surface area (Å²) in [6, 6.07) is 12.6. The number of nitrogens with zero attached hydrogens (tertiary/aromatic N) is 2. The molecule has 2 N–H and O–H groups in total. The third-order valence-electron chi connectivity index (χ3n) is 4.89. The van der Waals surface area contributed by atoms with Crippen molar-refractivity contribution in [2.45, 2.75) is 16.3 Å². The highest BCUT2D eigenvalue weighted by molar-refractivity contribution is 7.91. The number of hydrogen-bond acceptors (Lipinski definition) is 7. The molecular formula is C21H16N4O5S. The molecule has 2 aromatic carbocycles. The average molecular weight is 436 g/mol. The highest BCUT2D eigenvalue weighted by Crippen LogP contribution is 2.35. The summed E-state index contributed by atoms with van der Waals surface area (Å²) in [6.07, 6.45) is 3.06. The van der Waals surface area contributed by atoms with Crippen molar-refractivity contribution < 1.29 is 22.7 Å². The van der Waals surface area contributed by atoms with Crippen LogP contribution in [0, 0.1) is 0 Å². The van der Waals surface area contributed by atoms with E-state index in [0.29, 0.717) is 22.7 Å². The lowest BCUT2D eigenvalue weighted by Gasteiger charge is -2.08. The summed E-state index contributed by atoms with van der Waals surface area (Å²) in [4.78, 5) is 16.8. The number of hydrogen-bond donors (Lipinski definition) is 2. The minimum atomic E-state index is -3.71. The van der Waals surface area contributed by atoms with Gasteiger partial charge in [0.05, 0.1) is 21.6 Å². The summed E-state index contributed by atoms with van der Waals surface area (Å²) in [7, 11) is -3.71. The van der Waals surface area contributed by atoms with Crippen LogP contribution in [0.4, 0.5) is 0 Å². The number of aromatic amines is 1. The summed E-state index contributed by atoms with van der Waals surface area (Å²) >= 11 is 0. The van der Waals surface area contributed by atoms with Crippen molar-refractivity contribution in [1.29, 1.82) is 0 Å². The lowest BCUT2D eigenvalue weighted by Crippen LogP contribution is -2.22. The number of pyridine rings is 1. The van der Waals surface area contributed by atoms with Crippen molar-refractivity contribution in [2.24, 2.45) is 0 Å². The maximum atomic E-state index is 12.9. The quantitative estimate of drug-likeness (QED) is 0.492. The van der Waals surface area contributed by atoms with Crippen LogP contribution in [0.2, 0.25) is 0 Å². The second kappa shape index (κ2) is 7.40. The molecule has 0 fully saturated rings. The van der Waals surface area contributed by atoms with Crippen LogP contribution in [-0.2, 0) is 16.4 Å². The normalized spacial score (nSPS) is 12.8. The van der Waals surface area contributed by atoms with Crippen LogP contribution < -0.4 is 14.8 Å². The molecule has 9 nitrogen and oxygen atoms in total. The van der Waals surface area contributed by atoms with Crippen molar-refractivity contribution in [3.05, 3.63) is 72.1 Å². The Hall–Kier alpha value is -3.92. The van der Waals surface area contributed by atoms with Gasteiger partial charge in [0.1, 0.15) is 0 Å². The van der Waals surface area contributed by atoms with Gasteiger partial charge in [0.25, 0.3) is 5.91 Å². The molecule has 156 valence electrons. The van der Waals surface area contributed by atoms with Crippen LogP contribution in [0.3, 0.4) is 0 Å². The van der Waals surface area contributed by atoms with Gasteiger partial charge < -0.3 is 14.8 Å². The number of ether oxygens (including phenoxy) is 2. The van der Waals surface area contributed by atoms with Gasteiger partial charge in [-0.05, 0) is 35.9 Å². The van der Waals surface area contributed by atoms with Gasteiger partial charge in [-0.2, -0.15) is 5.10 Å². The van der Waals surface area contributed by atoms with Crippen LogP contribution in [0.25, 0.3) is 11.0 Å². The molecule has 0 aliphatic carbocycles. The van der Waals surface area contributed by atoms with E-state index in [1.807, 2.05) is 0 Å². The molecule has 1 amide bonds. The molecule has 4 aromatic rings. The Morgan fingerprint density at radius 2 is 1.77 bits per heavy atom. The SMILES string of the molecule is O=C(NCc1ccc(S(=O)(=O)c2ccc3c(c2)OCO3)cc1)c1cnc2[nH]ncc2c1. The molecule has 2 aromatic heterocycles. The Morgan fingerprint density at radius 3 is 2.61 bits per heavy atom. The molecule has 5 rings (SSSR count). The topological polar surface area (TPSA) is 123 Å². The zero-order chi connectivity index (χ0) is 21.4. The third-order valence-corrected chi connectivity index (χ3v) is 6.66. The number of nitrogens with one attached hydrogen (secondary N) is 2. The van der Waals surface area contributed by atoms with Crippen LogP contribution in [0.15, 0.2) is 70.7 Å². The van der Waals surface area contributed by atoms with Crippen LogP contribution in [-0.4, -0.2) is 36.3 Å². The van der Waals surface area contributed by atoms with Crippen molar-refractivity contribution in [3.63, 3.8) is 0 Å². The Morgan fingerprint density at radius 1 is 1.00 bits per heavy atom. The predicted octanol–water partition coefficient (Wildman–Crippen LogP) is 2.45. The molecule has 0 unspecified atom stereocenters. The van der Waals surface area contributed by atoms with Gasteiger partial charge in [-0.1, -0.05) is 12.1 Å². The van der Waals surface area contributed by atoms with E-state index in [1.165, 1.54) is 30.5 Å². The van der Waals surface area contributed by atoms with E-state index in [-0.39, 0.29) is 29.0 Å². The minimum absolute atomic E-state index is 0.0747. The number of carbonyl (C=O) groups excluding carboxylic acids is 1. The Labute approximate surface area is 176 Å². The zero-order valence-corrected chi connectivity index (χ0v) is 16.8. The lowest BCUT2D eigenvalue weighted by molar-refractivity contribution is 0.0950.